The fraction of sp³-hybridized carbons (Fsp3) is 0.458. The fourth-order valence-corrected chi connectivity index (χ4v) is 4.77. The maximum absolute atomic E-state index is 13.9. The van der Waals surface area contributed by atoms with Crippen LogP contribution in [0.15, 0.2) is 42.9 Å². The Labute approximate surface area is 200 Å². The molecule has 1 fully saturated rings. The van der Waals surface area contributed by atoms with Gasteiger partial charge in [0.15, 0.2) is 0 Å². The van der Waals surface area contributed by atoms with Crippen LogP contribution in [-0.2, 0) is 11.2 Å². The minimum atomic E-state index is -4.37. The molecule has 1 aromatic carbocycles. The Bertz CT molecular complexity index is 1140. The molecule has 0 radical (unpaired) electrons. The van der Waals surface area contributed by atoms with E-state index in [4.69, 9.17) is 11.6 Å². The van der Waals surface area contributed by atoms with Crippen molar-refractivity contribution >= 4 is 28.4 Å². The van der Waals surface area contributed by atoms with Crippen LogP contribution in [0.2, 0.25) is 5.02 Å². The highest BCUT2D eigenvalue weighted by Crippen LogP contribution is 2.66. The minimum Gasteiger partial charge on any atom is -0.355 e. The van der Waals surface area contributed by atoms with E-state index in [1.165, 1.54) is 12.4 Å². The number of rotatable bonds is 9. The molecule has 2 N–H and O–H groups in total. The third kappa shape index (κ3) is 5.05. The van der Waals surface area contributed by atoms with Gasteiger partial charge in [0.2, 0.25) is 5.91 Å². The lowest BCUT2D eigenvalue weighted by molar-refractivity contribution is -0.194. The van der Waals surface area contributed by atoms with Crippen molar-refractivity contribution < 1.29 is 18.0 Å². The molecule has 0 saturated heterocycles. The fourth-order valence-electron chi connectivity index (χ4n) is 4.53. The van der Waals surface area contributed by atoms with Gasteiger partial charge < -0.3 is 10.2 Å². The van der Waals surface area contributed by atoms with Gasteiger partial charge in [-0.2, -0.15) is 18.3 Å². The van der Waals surface area contributed by atoms with E-state index in [9.17, 15) is 18.0 Å². The van der Waals surface area contributed by atoms with Gasteiger partial charge >= 0.3 is 6.18 Å². The van der Waals surface area contributed by atoms with Crippen LogP contribution in [0.25, 0.3) is 10.9 Å². The van der Waals surface area contributed by atoms with Gasteiger partial charge in [-0.05, 0) is 62.7 Å². The number of likely N-dealkylation sites (N-methyl/N-ethyl adjacent to an activating group) is 1. The molecule has 2 unspecified atom stereocenters. The van der Waals surface area contributed by atoms with Crippen molar-refractivity contribution in [3.8, 4) is 0 Å². The normalized spacial score (nSPS) is 17.0. The molecule has 0 aliphatic heterocycles. The average molecular weight is 494 g/mol. The molecular weight excluding hydrogens is 467 g/mol. The zero-order valence-corrected chi connectivity index (χ0v) is 19.7. The monoisotopic (exact) mass is 493 g/mol. The number of hydrogen-bond acceptors (Lipinski definition) is 4. The number of carbonyl (C=O) groups is 1. The number of H-pyrrole nitrogens is 1. The summed E-state index contributed by atoms with van der Waals surface area (Å²) >= 11 is 6.44. The topological polar surface area (TPSA) is 73.9 Å². The number of halogens is 4. The van der Waals surface area contributed by atoms with Crippen molar-refractivity contribution in [1.29, 1.82) is 0 Å². The first-order valence-electron chi connectivity index (χ1n) is 11.1. The quantitative estimate of drug-likeness (QED) is 0.452. The minimum absolute atomic E-state index is 0.0264. The summed E-state index contributed by atoms with van der Waals surface area (Å²) in [4.78, 5) is 18.8. The molecular formula is C24H27ClF3N5O. The number of carbonyl (C=O) groups excluding carboxylic acids is 1. The zero-order chi connectivity index (χ0) is 24.5. The number of benzene rings is 1. The first kappa shape index (κ1) is 24.5. The summed E-state index contributed by atoms with van der Waals surface area (Å²) in [7, 11) is 3.78. The van der Waals surface area contributed by atoms with Crippen molar-refractivity contribution in [3.05, 3.63) is 59.0 Å². The second-order valence-electron chi connectivity index (χ2n) is 9.22. The first-order valence-corrected chi connectivity index (χ1v) is 11.5. The Kier molecular flexibility index (Phi) is 6.87. The second kappa shape index (κ2) is 9.54. The van der Waals surface area contributed by atoms with E-state index >= 15 is 0 Å². The van der Waals surface area contributed by atoms with Gasteiger partial charge in [-0.3, -0.25) is 14.9 Å². The van der Waals surface area contributed by atoms with Gasteiger partial charge in [0, 0.05) is 47.7 Å². The highest BCUT2D eigenvalue weighted by atomic mass is 35.5. The van der Waals surface area contributed by atoms with Gasteiger partial charge in [0.1, 0.15) is 0 Å². The van der Waals surface area contributed by atoms with Crippen LogP contribution in [0.5, 0.6) is 0 Å². The molecule has 1 aliphatic rings. The standard InChI is InChI=1S/C24H27ClF3N5O/c1-33(2)18(9-16-8-17-13-31-32-21(17)11-20(16)25)14-30-22(34)10-19(15-4-3-7-29-12-15)23(5-6-23)24(26,27)28/h3-4,7-8,11-13,18-19H,5-6,9-10,14H2,1-2H3,(H,30,34)(H,31,32). The molecule has 182 valence electrons. The highest BCUT2D eigenvalue weighted by Gasteiger charge is 2.67. The van der Waals surface area contributed by atoms with Crippen LogP contribution in [0.1, 0.15) is 36.3 Å². The van der Waals surface area contributed by atoms with E-state index in [1.807, 2.05) is 31.1 Å². The first-order chi connectivity index (χ1) is 16.1. The Morgan fingerprint density at radius 1 is 1.29 bits per heavy atom. The molecule has 1 aliphatic carbocycles. The van der Waals surface area contributed by atoms with Crippen LogP contribution < -0.4 is 5.32 Å². The Hall–Kier alpha value is -2.65. The molecule has 6 nitrogen and oxygen atoms in total. The van der Waals surface area contributed by atoms with Gasteiger partial charge in [0.05, 0.1) is 17.1 Å². The molecule has 2 heterocycles. The summed E-state index contributed by atoms with van der Waals surface area (Å²) < 4.78 is 41.7. The van der Waals surface area contributed by atoms with E-state index in [1.54, 1.807) is 18.3 Å². The van der Waals surface area contributed by atoms with Gasteiger partial charge in [-0.15, -0.1) is 0 Å². The number of aromatic nitrogens is 3. The SMILES string of the molecule is CN(C)C(CNC(=O)CC(c1cccnc1)C1(C(F)(F)F)CC1)Cc1cc2cn[nH]c2cc1Cl. The highest BCUT2D eigenvalue weighted by molar-refractivity contribution is 6.32. The third-order valence-corrected chi connectivity index (χ3v) is 7.18. The van der Waals surface area contributed by atoms with Gasteiger partial charge in [0.25, 0.3) is 0 Å². The Balaban J connectivity index is 1.45. The lowest BCUT2D eigenvalue weighted by Gasteiger charge is -2.30. The lowest BCUT2D eigenvalue weighted by Crippen LogP contribution is -2.42. The number of aromatic amines is 1. The molecule has 4 rings (SSSR count). The average Bonchev–Trinajstić information content (AvgIpc) is 3.49. The van der Waals surface area contributed by atoms with E-state index < -0.39 is 23.4 Å². The number of nitrogens with zero attached hydrogens (tertiary/aromatic N) is 3. The second-order valence-corrected chi connectivity index (χ2v) is 9.63. The van der Waals surface area contributed by atoms with Crippen LogP contribution >= 0.6 is 11.6 Å². The zero-order valence-electron chi connectivity index (χ0n) is 19.0. The number of nitrogens with one attached hydrogen (secondary N) is 2. The summed E-state index contributed by atoms with van der Waals surface area (Å²) in [5, 5.41) is 11.3. The number of alkyl halides is 3. The van der Waals surface area contributed by atoms with Crippen molar-refractivity contribution in [2.45, 2.75) is 43.8 Å². The van der Waals surface area contributed by atoms with Gasteiger partial charge in [-0.25, -0.2) is 0 Å². The Morgan fingerprint density at radius 3 is 2.68 bits per heavy atom. The van der Waals surface area contributed by atoms with E-state index in [2.05, 4.69) is 20.5 Å². The molecule has 0 bridgehead atoms. The molecule has 2 aromatic heterocycles. The van der Waals surface area contributed by atoms with Crippen LogP contribution in [-0.4, -0.2) is 58.8 Å². The summed E-state index contributed by atoms with van der Waals surface area (Å²) in [6.45, 7) is 0.282. The maximum Gasteiger partial charge on any atom is 0.395 e. The predicted octanol–water partition coefficient (Wildman–Crippen LogP) is 4.72. The van der Waals surface area contributed by atoms with Crippen molar-refractivity contribution in [2.75, 3.05) is 20.6 Å². The van der Waals surface area contributed by atoms with Crippen molar-refractivity contribution in [1.82, 2.24) is 25.4 Å². The number of fused-ring (bicyclic) bond motifs is 1. The predicted molar refractivity (Wildman–Crippen MR) is 125 cm³/mol. The van der Waals surface area contributed by atoms with Crippen molar-refractivity contribution in [2.24, 2.45) is 5.41 Å². The number of hydrogen-bond donors (Lipinski definition) is 2. The summed E-state index contributed by atoms with van der Waals surface area (Å²) in [6.07, 6.45) is 0.662. The lowest BCUT2D eigenvalue weighted by atomic mass is 9.80. The van der Waals surface area contributed by atoms with Gasteiger partial charge in [-0.1, -0.05) is 17.7 Å². The van der Waals surface area contributed by atoms with Crippen LogP contribution in [0, 0.1) is 5.41 Å². The summed E-state index contributed by atoms with van der Waals surface area (Å²) in [5.41, 5.74) is 0.327. The largest absolute Gasteiger partial charge is 0.395 e. The van der Waals surface area contributed by atoms with E-state index in [0.29, 0.717) is 17.0 Å². The Morgan fingerprint density at radius 2 is 2.06 bits per heavy atom. The maximum atomic E-state index is 13.9. The number of amides is 1. The number of pyridine rings is 1. The third-order valence-electron chi connectivity index (χ3n) is 6.82. The molecule has 1 amide bonds. The van der Waals surface area contributed by atoms with Crippen LogP contribution in [0.3, 0.4) is 0 Å². The molecule has 2 atom stereocenters. The molecule has 10 heteroatoms. The molecule has 3 aromatic rings. The summed E-state index contributed by atoms with van der Waals surface area (Å²) in [5.74, 6) is -1.37. The summed E-state index contributed by atoms with van der Waals surface area (Å²) in [6, 6.07) is 6.90. The van der Waals surface area contributed by atoms with E-state index in [0.717, 1.165) is 16.5 Å². The molecule has 34 heavy (non-hydrogen) atoms. The molecule has 0 spiro atoms. The van der Waals surface area contributed by atoms with Crippen molar-refractivity contribution in [3.63, 3.8) is 0 Å². The smallest absolute Gasteiger partial charge is 0.355 e. The molecule has 1 saturated carbocycles. The van der Waals surface area contributed by atoms with Crippen LogP contribution in [0.4, 0.5) is 13.2 Å². The van der Waals surface area contributed by atoms with E-state index in [-0.39, 0.29) is 31.8 Å².